The van der Waals surface area contributed by atoms with Gasteiger partial charge in [-0.15, -0.1) is 12.4 Å². The first-order chi connectivity index (χ1) is 8.74. The zero-order valence-corrected chi connectivity index (χ0v) is 12.5. The van der Waals surface area contributed by atoms with Crippen molar-refractivity contribution in [3.63, 3.8) is 0 Å². The van der Waals surface area contributed by atoms with Gasteiger partial charge in [0.15, 0.2) is 0 Å². The molecule has 0 aliphatic carbocycles. The van der Waals surface area contributed by atoms with E-state index in [2.05, 4.69) is 5.32 Å². The maximum absolute atomic E-state index is 11.0. The summed E-state index contributed by atoms with van der Waals surface area (Å²) >= 11 is 1.66. The van der Waals surface area contributed by atoms with Crippen molar-refractivity contribution in [1.82, 2.24) is 5.32 Å². The zero-order chi connectivity index (χ0) is 13.2. The fourth-order valence-corrected chi connectivity index (χ4v) is 1.99. The number of nitrogens with one attached hydrogen (secondary N) is 1. The molecular formula is C14H20ClNO2S. The molecule has 0 aliphatic rings. The van der Waals surface area contributed by atoms with E-state index in [-0.39, 0.29) is 12.4 Å². The summed E-state index contributed by atoms with van der Waals surface area (Å²) in [6.45, 7) is 0.570. The SMILES string of the molecule is CSCCC(NCC=Cc1ccccc1)C(=O)O.Cl. The minimum absolute atomic E-state index is 0. The van der Waals surface area contributed by atoms with Crippen LogP contribution in [0.25, 0.3) is 6.08 Å². The monoisotopic (exact) mass is 301 g/mol. The van der Waals surface area contributed by atoms with Crippen molar-refractivity contribution < 1.29 is 9.90 Å². The molecule has 0 heterocycles. The number of carboxylic acid groups (broad SMARTS) is 1. The van der Waals surface area contributed by atoms with E-state index in [0.717, 1.165) is 11.3 Å². The van der Waals surface area contributed by atoms with Gasteiger partial charge in [0.25, 0.3) is 0 Å². The van der Waals surface area contributed by atoms with Crippen LogP contribution in [-0.4, -0.2) is 35.7 Å². The van der Waals surface area contributed by atoms with Crippen LogP contribution >= 0.6 is 24.2 Å². The Morgan fingerprint density at radius 3 is 2.68 bits per heavy atom. The molecule has 1 atom stereocenters. The van der Waals surface area contributed by atoms with Crippen LogP contribution in [0, 0.1) is 0 Å². The molecule has 0 saturated carbocycles. The average molecular weight is 302 g/mol. The summed E-state index contributed by atoms with van der Waals surface area (Å²) in [7, 11) is 0. The van der Waals surface area contributed by atoms with Crippen LogP contribution in [-0.2, 0) is 4.79 Å². The number of carbonyl (C=O) groups is 1. The third-order valence-electron chi connectivity index (χ3n) is 2.50. The Bertz CT molecular complexity index is 384. The highest BCUT2D eigenvalue weighted by atomic mass is 35.5. The molecule has 1 aromatic rings. The molecule has 0 fully saturated rings. The molecule has 0 spiro atoms. The Hall–Kier alpha value is -0.970. The minimum Gasteiger partial charge on any atom is -0.480 e. The Balaban J connectivity index is 0.00000324. The van der Waals surface area contributed by atoms with Gasteiger partial charge in [0.1, 0.15) is 6.04 Å². The van der Waals surface area contributed by atoms with Gasteiger partial charge in [0.2, 0.25) is 0 Å². The Morgan fingerprint density at radius 2 is 2.11 bits per heavy atom. The van der Waals surface area contributed by atoms with E-state index in [1.807, 2.05) is 48.7 Å². The van der Waals surface area contributed by atoms with E-state index in [9.17, 15) is 4.79 Å². The molecule has 0 bridgehead atoms. The molecule has 1 rings (SSSR count). The van der Waals surface area contributed by atoms with Crippen molar-refractivity contribution in [1.29, 1.82) is 0 Å². The summed E-state index contributed by atoms with van der Waals surface area (Å²) in [4.78, 5) is 11.0. The molecule has 0 radical (unpaired) electrons. The molecular weight excluding hydrogens is 282 g/mol. The summed E-state index contributed by atoms with van der Waals surface area (Å²) in [5.74, 6) is 0.0731. The van der Waals surface area contributed by atoms with Crippen molar-refractivity contribution in [2.24, 2.45) is 0 Å². The van der Waals surface area contributed by atoms with Gasteiger partial charge in [-0.3, -0.25) is 4.79 Å². The first kappa shape index (κ1) is 18.0. The van der Waals surface area contributed by atoms with Gasteiger partial charge in [-0.1, -0.05) is 42.5 Å². The fraction of sp³-hybridized carbons (Fsp3) is 0.357. The summed E-state index contributed by atoms with van der Waals surface area (Å²) in [5.41, 5.74) is 1.12. The second-order valence-electron chi connectivity index (χ2n) is 3.89. The topological polar surface area (TPSA) is 49.3 Å². The van der Waals surface area contributed by atoms with E-state index in [0.29, 0.717) is 13.0 Å². The predicted molar refractivity (Wildman–Crippen MR) is 85.1 cm³/mol. The molecule has 0 aliphatic heterocycles. The normalized spacial score (nSPS) is 12.1. The van der Waals surface area contributed by atoms with Crippen molar-refractivity contribution in [3.8, 4) is 0 Å². The second kappa shape index (κ2) is 10.9. The van der Waals surface area contributed by atoms with Crippen LogP contribution in [0.5, 0.6) is 0 Å². The van der Waals surface area contributed by atoms with Crippen LogP contribution in [0.15, 0.2) is 36.4 Å². The Kier molecular flexibility index (Phi) is 10.4. The molecule has 1 aromatic carbocycles. The smallest absolute Gasteiger partial charge is 0.320 e. The quantitative estimate of drug-likeness (QED) is 0.775. The van der Waals surface area contributed by atoms with Gasteiger partial charge in [0, 0.05) is 6.54 Å². The molecule has 0 amide bonds. The zero-order valence-electron chi connectivity index (χ0n) is 10.9. The molecule has 106 valence electrons. The predicted octanol–water partition coefficient (Wildman–Crippen LogP) is 2.92. The van der Waals surface area contributed by atoms with E-state index >= 15 is 0 Å². The first-order valence-electron chi connectivity index (χ1n) is 5.90. The van der Waals surface area contributed by atoms with E-state index in [1.54, 1.807) is 11.8 Å². The van der Waals surface area contributed by atoms with Gasteiger partial charge >= 0.3 is 5.97 Å². The number of halogens is 1. The lowest BCUT2D eigenvalue weighted by molar-refractivity contribution is -0.139. The molecule has 2 N–H and O–H groups in total. The van der Waals surface area contributed by atoms with E-state index in [1.165, 1.54) is 0 Å². The summed E-state index contributed by atoms with van der Waals surface area (Å²) in [6.07, 6.45) is 6.56. The van der Waals surface area contributed by atoms with Crippen LogP contribution < -0.4 is 5.32 Å². The van der Waals surface area contributed by atoms with E-state index < -0.39 is 12.0 Å². The number of carboxylic acids is 1. The molecule has 19 heavy (non-hydrogen) atoms. The lowest BCUT2D eigenvalue weighted by Crippen LogP contribution is -2.37. The highest BCUT2D eigenvalue weighted by molar-refractivity contribution is 7.98. The standard InChI is InChI=1S/C14H19NO2S.ClH/c1-18-11-9-13(14(16)17)15-10-5-8-12-6-3-2-4-7-12;/h2-8,13,15H,9-11H2,1H3,(H,16,17);1H. The average Bonchev–Trinajstić information content (AvgIpc) is 2.38. The van der Waals surface area contributed by atoms with Crippen LogP contribution in [0.3, 0.4) is 0 Å². The van der Waals surface area contributed by atoms with Crippen molar-refractivity contribution in [3.05, 3.63) is 42.0 Å². The van der Waals surface area contributed by atoms with Crippen LogP contribution in [0.4, 0.5) is 0 Å². The first-order valence-corrected chi connectivity index (χ1v) is 7.30. The van der Waals surface area contributed by atoms with Crippen LogP contribution in [0.1, 0.15) is 12.0 Å². The largest absolute Gasteiger partial charge is 0.480 e. The fourth-order valence-electron chi connectivity index (χ4n) is 1.52. The third kappa shape index (κ3) is 7.93. The van der Waals surface area contributed by atoms with Crippen LogP contribution in [0.2, 0.25) is 0 Å². The summed E-state index contributed by atoms with van der Waals surface area (Å²) in [5, 5.41) is 12.0. The maximum atomic E-state index is 11.0. The van der Waals surface area contributed by atoms with Crippen molar-refractivity contribution in [2.45, 2.75) is 12.5 Å². The summed E-state index contributed by atoms with van der Waals surface area (Å²) < 4.78 is 0. The van der Waals surface area contributed by atoms with Crippen molar-refractivity contribution >= 4 is 36.2 Å². The van der Waals surface area contributed by atoms with Gasteiger partial charge in [0.05, 0.1) is 0 Å². The summed E-state index contributed by atoms with van der Waals surface area (Å²) in [6, 6.07) is 9.49. The molecule has 0 aromatic heterocycles. The highest BCUT2D eigenvalue weighted by Crippen LogP contribution is 2.02. The third-order valence-corrected chi connectivity index (χ3v) is 3.14. The molecule has 3 nitrogen and oxygen atoms in total. The lowest BCUT2D eigenvalue weighted by Gasteiger charge is -2.11. The van der Waals surface area contributed by atoms with Gasteiger partial charge in [-0.2, -0.15) is 11.8 Å². The van der Waals surface area contributed by atoms with Gasteiger partial charge < -0.3 is 10.4 Å². The molecule has 0 saturated heterocycles. The highest BCUT2D eigenvalue weighted by Gasteiger charge is 2.14. The number of aliphatic carboxylic acids is 1. The molecule has 5 heteroatoms. The second-order valence-corrected chi connectivity index (χ2v) is 4.88. The number of thioether (sulfide) groups is 1. The van der Waals surface area contributed by atoms with Gasteiger partial charge in [-0.05, 0) is 24.0 Å². The van der Waals surface area contributed by atoms with Crippen molar-refractivity contribution in [2.75, 3.05) is 18.6 Å². The Morgan fingerprint density at radius 1 is 1.42 bits per heavy atom. The maximum Gasteiger partial charge on any atom is 0.320 e. The number of hydrogen-bond acceptors (Lipinski definition) is 3. The number of rotatable bonds is 8. The Labute approximate surface area is 124 Å². The van der Waals surface area contributed by atoms with Gasteiger partial charge in [-0.25, -0.2) is 0 Å². The minimum atomic E-state index is -0.780. The van der Waals surface area contributed by atoms with E-state index in [4.69, 9.17) is 5.11 Å². The number of hydrogen-bond donors (Lipinski definition) is 2. The lowest BCUT2D eigenvalue weighted by atomic mass is 10.2. The molecule has 1 unspecified atom stereocenters. The number of benzene rings is 1.